The molecule has 0 unspecified atom stereocenters. The van der Waals surface area contributed by atoms with Gasteiger partial charge < -0.3 is 29.0 Å². The Kier molecular flexibility index (Phi) is 6.00. The molecule has 2 spiro atoms. The maximum absolute atomic E-state index is 10.5. The second-order valence-electron chi connectivity index (χ2n) is 17.2. The lowest BCUT2D eigenvalue weighted by Crippen LogP contribution is -2.69. The van der Waals surface area contributed by atoms with Gasteiger partial charge in [0.25, 0.3) is 0 Å². The molecule has 2 aromatic rings. The van der Waals surface area contributed by atoms with Crippen molar-refractivity contribution < 1.29 is 19.2 Å². The van der Waals surface area contributed by atoms with Crippen LogP contribution in [0.25, 0.3) is 0 Å². The lowest BCUT2D eigenvalue weighted by atomic mass is 9.56. The molecule has 10 atom stereocenters. The van der Waals surface area contributed by atoms with Crippen LogP contribution in [0.5, 0.6) is 0 Å². The summed E-state index contributed by atoms with van der Waals surface area (Å²) in [6.45, 7) is 15.0. The van der Waals surface area contributed by atoms with Crippen LogP contribution < -0.4 is 9.80 Å². The van der Waals surface area contributed by atoms with Crippen molar-refractivity contribution in [2.24, 2.45) is 11.8 Å². The largest absolute Gasteiger partial charge is 0.392 e. The van der Waals surface area contributed by atoms with Crippen molar-refractivity contribution in [3.05, 3.63) is 132 Å². The highest BCUT2D eigenvalue weighted by atomic mass is 16.3. The highest BCUT2D eigenvalue weighted by Gasteiger charge is 2.75. The van der Waals surface area contributed by atoms with E-state index in [1.165, 1.54) is 33.6 Å². The quantitative estimate of drug-likeness (QED) is 0.317. The van der Waals surface area contributed by atoms with Gasteiger partial charge in [0.05, 0.1) is 62.3 Å². The summed E-state index contributed by atoms with van der Waals surface area (Å²) in [7, 11) is 0. The molecule has 50 heavy (non-hydrogen) atoms. The molecular weight excluding hydrogens is 617 g/mol. The summed E-state index contributed by atoms with van der Waals surface area (Å²) in [5, 5.41) is 20.9. The number of fused-ring (bicyclic) bond motifs is 8. The summed E-state index contributed by atoms with van der Waals surface area (Å²) >= 11 is 0. The fourth-order valence-corrected chi connectivity index (χ4v) is 14.6. The van der Waals surface area contributed by atoms with E-state index in [1.807, 2.05) is 0 Å². The molecule has 0 radical (unpaired) electrons. The van der Waals surface area contributed by atoms with Gasteiger partial charge in [0.2, 0.25) is 0 Å². The number of aliphatic hydroxyl groups is 2. The normalized spacial score (nSPS) is 43.4. The SMILES string of the molecule is C=CC[N@+]12CC[C@]34c5ccccc5N5C=C6[C@H]7C[C@H]8[C@]9(CC[N@+]8(CC=C)C/C7=C/CO)c7ccccc7N(C=C([C@@H](C[C@H]31)/C(=C\CO)C2)[C@@H]54)[C@H]69. The van der Waals surface area contributed by atoms with Gasteiger partial charge >= 0.3 is 0 Å². The molecule has 2 aliphatic carbocycles. The second-order valence-corrected chi connectivity index (χ2v) is 17.2. The maximum atomic E-state index is 10.5. The zero-order valence-corrected chi connectivity index (χ0v) is 29.1. The molecule has 2 N–H and O–H groups in total. The fourth-order valence-electron chi connectivity index (χ4n) is 14.6. The number of benzene rings is 2. The summed E-state index contributed by atoms with van der Waals surface area (Å²) < 4.78 is 2.12. The van der Waals surface area contributed by atoms with Crippen LogP contribution in [-0.2, 0) is 10.8 Å². The Labute approximate surface area is 296 Å². The smallest absolute Gasteiger partial charge is 0.103 e. The van der Waals surface area contributed by atoms with E-state index in [1.54, 1.807) is 11.1 Å². The average Bonchev–Trinajstić information content (AvgIpc) is 3.81. The Morgan fingerprint density at radius 2 is 1.12 bits per heavy atom. The highest BCUT2D eigenvalue weighted by Crippen LogP contribution is 2.69. The van der Waals surface area contributed by atoms with Gasteiger partial charge in [0, 0.05) is 61.3 Å². The molecule has 6 fully saturated rings. The van der Waals surface area contributed by atoms with E-state index < -0.39 is 0 Å². The first-order valence-electron chi connectivity index (χ1n) is 19.2. The molecule has 7 heterocycles. The van der Waals surface area contributed by atoms with Crippen LogP contribution in [0.4, 0.5) is 11.4 Å². The molecule has 0 aromatic heterocycles. The van der Waals surface area contributed by atoms with E-state index in [9.17, 15) is 10.2 Å². The van der Waals surface area contributed by atoms with Gasteiger partial charge in [-0.2, -0.15) is 0 Å². The summed E-state index contributed by atoms with van der Waals surface area (Å²) in [6, 6.07) is 20.3. The van der Waals surface area contributed by atoms with E-state index >= 15 is 0 Å². The van der Waals surface area contributed by atoms with Crippen LogP contribution in [0.15, 0.2) is 121 Å². The van der Waals surface area contributed by atoms with E-state index in [0.29, 0.717) is 23.9 Å². The third-order valence-corrected chi connectivity index (χ3v) is 15.9. The Balaban J connectivity index is 1.22. The van der Waals surface area contributed by atoms with Gasteiger partial charge in [-0.3, -0.25) is 0 Å². The van der Waals surface area contributed by atoms with Crippen molar-refractivity contribution >= 4 is 11.4 Å². The van der Waals surface area contributed by atoms with Crippen LogP contribution in [0.1, 0.15) is 36.8 Å². The topological polar surface area (TPSA) is 46.9 Å². The molecule has 6 nitrogen and oxygen atoms in total. The summed E-state index contributed by atoms with van der Waals surface area (Å²) in [5.74, 6) is 0.615. The number of piperidine rings is 2. The van der Waals surface area contributed by atoms with Crippen LogP contribution in [0, 0.1) is 11.8 Å². The van der Waals surface area contributed by atoms with Gasteiger partial charge in [-0.05, 0) is 57.7 Å². The highest BCUT2D eigenvalue weighted by molar-refractivity contribution is 5.77. The van der Waals surface area contributed by atoms with Crippen molar-refractivity contribution in [3.8, 4) is 0 Å². The number of para-hydroxylation sites is 2. The Morgan fingerprint density at radius 3 is 1.54 bits per heavy atom. The zero-order valence-electron chi connectivity index (χ0n) is 29.1. The minimum Gasteiger partial charge on any atom is -0.392 e. The van der Waals surface area contributed by atoms with E-state index in [2.05, 4.69) is 108 Å². The van der Waals surface area contributed by atoms with Gasteiger partial charge in [0.15, 0.2) is 0 Å². The summed E-state index contributed by atoms with van der Waals surface area (Å²) in [4.78, 5) is 5.54. The second kappa shape index (κ2) is 10.0. The number of quaternary nitrogens is 2. The van der Waals surface area contributed by atoms with Crippen LogP contribution in [-0.4, -0.2) is 95.8 Å². The zero-order chi connectivity index (χ0) is 33.6. The molecule has 2 saturated carbocycles. The number of anilines is 2. The number of nitrogens with zero attached hydrogens (tertiary/aromatic N) is 4. The predicted octanol–water partition coefficient (Wildman–Crippen LogP) is 5.48. The third-order valence-electron chi connectivity index (χ3n) is 15.9. The molecule has 2 aromatic carbocycles. The molecular formula is C44H50N4O2+2. The monoisotopic (exact) mass is 666 g/mol. The molecule has 256 valence electrons. The van der Waals surface area contributed by atoms with Crippen molar-refractivity contribution in [3.63, 3.8) is 0 Å². The van der Waals surface area contributed by atoms with Gasteiger partial charge in [-0.1, -0.05) is 61.7 Å². The predicted molar refractivity (Wildman–Crippen MR) is 198 cm³/mol. The van der Waals surface area contributed by atoms with Crippen molar-refractivity contribution in [1.29, 1.82) is 0 Å². The first kappa shape index (κ1) is 30.0. The molecule has 0 amide bonds. The van der Waals surface area contributed by atoms with Crippen molar-refractivity contribution in [2.45, 2.75) is 60.7 Å². The first-order chi connectivity index (χ1) is 24.5. The Hall–Kier alpha value is -3.68. The summed E-state index contributed by atoms with van der Waals surface area (Å²) in [6.07, 6.45) is 18.6. The fraction of sp³-hybridized carbons (Fsp3) is 0.455. The lowest BCUT2D eigenvalue weighted by Gasteiger charge is -2.59. The Morgan fingerprint density at radius 1 is 0.680 bits per heavy atom. The molecule has 6 heteroatoms. The van der Waals surface area contributed by atoms with Gasteiger partial charge in [-0.25, -0.2) is 0 Å². The van der Waals surface area contributed by atoms with E-state index in [-0.39, 0.29) is 36.1 Å². The van der Waals surface area contributed by atoms with E-state index in [4.69, 9.17) is 0 Å². The van der Waals surface area contributed by atoms with Crippen molar-refractivity contribution in [1.82, 2.24) is 0 Å². The average molecular weight is 667 g/mol. The van der Waals surface area contributed by atoms with Crippen LogP contribution in [0.2, 0.25) is 0 Å². The standard InChI is InChI=1S/C44H50N4O2/c1-3-17-47-19-15-43-35-9-5-7-11-37(35)45-26-34-32-24-40-44(16-20-48(40,18-4-2)28-30(32)14-22-50)36-10-6-8-12-38(36)46(42(34)44)25-33(41(43)45)31(23-39(43)47)29(27-47)13-21-49/h3-14,25-26,31-32,39-42,49-50H,1-2,15-24,27-28H2/q+2/b29-13-,30-14-,33-25?,34-26?/t31-,32-,39-,40+,41+,42+,43-,44-,47+,48+/m0/s1. The van der Waals surface area contributed by atoms with E-state index in [0.717, 1.165) is 73.9 Å². The third kappa shape index (κ3) is 3.24. The Bertz CT molecular complexity index is 1850. The minimum absolute atomic E-state index is 0.0183. The number of hydrogen-bond acceptors (Lipinski definition) is 4. The minimum atomic E-state index is 0.0183. The number of aliphatic hydroxyl groups excluding tert-OH is 2. The molecule has 4 saturated heterocycles. The van der Waals surface area contributed by atoms with Gasteiger partial charge in [0.1, 0.15) is 25.2 Å². The first-order valence-corrected chi connectivity index (χ1v) is 19.2. The van der Waals surface area contributed by atoms with Crippen molar-refractivity contribution in [2.75, 3.05) is 62.3 Å². The number of hydrogen-bond donors (Lipinski definition) is 2. The molecule has 9 aliphatic rings. The van der Waals surface area contributed by atoms with Gasteiger partial charge in [-0.15, -0.1) is 0 Å². The molecule has 7 aliphatic heterocycles. The molecule has 11 rings (SSSR count). The van der Waals surface area contributed by atoms with Crippen LogP contribution >= 0.6 is 0 Å². The van der Waals surface area contributed by atoms with Crippen LogP contribution in [0.3, 0.4) is 0 Å². The number of rotatable bonds is 6. The summed E-state index contributed by atoms with van der Waals surface area (Å²) in [5.41, 5.74) is 11.8. The maximum Gasteiger partial charge on any atom is 0.103 e. The lowest BCUT2D eigenvalue weighted by molar-refractivity contribution is -0.937. The molecule has 4 bridgehead atoms.